The van der Waals surface area contributed by atoms with Crippen molar-refractivity contribution in [2.24, 2.45) is 0 Å². The first-order chi connectivity index (χ1) is 13.5. The third kappa shape index (κ3) is 4.49. The number of anilines is 1. The fourth-order valence-corrected chi connectivity index (χ4v) is 3.22. The highest BCUT2D eigenvalue weighted by Crippen LogP contribution is 2.31. The molecule has 1 amide bonds. The van der Waals surface area contributed by atoms with Crippen LogP contribution in [0.4, 0.5) is 5.69 Å². The fourth-order valence-electron chi connectivity index (χ4n) is 3.22. The van der Waals surface area contributed by atoms with Gasteiger partial charge < -0.3 is 9.73 Å². The van der Waals surface area contributed by atoms with Crippen molar-refractivity contribution in [3.05, 3.63) is 65.9 Å². The molecular formula is C23H26N2O3. The molecule has 0 spiro atoms. The van der Waals surface area contributed by atoms with Crippen molar-refractivity contribution in [3.63, 3.8) is 0 Å². The van der Waals surface area contributed by atoms with E-state index in [2.05, 4.69) is 17.4 Å². The van der Waals surface area contributed by atoms with Crippen LogP contribution in [0, 0.1) is 0 Å². The number of hydrogen-bond acceptors (Lipinski definition) is 4. The first-order valence-corrected chi connectivity index (χ1v) is 9.55. The molecule has 1 heterocycles. The molecule has 1 N–H and O–H groups in total. The number of nitrogens with one attached hydrogen (secondary N) is 1. The Kier molecular flexibility index (Phi) is 6.26. The van der Waals surface area contributed by atoms with E-state index in [4.69, 9.17) is 4.42 Å². The van der Waals surface area contributed by atoms with Crippen LogP contribution in [0.1, 0.15) is 36.4 Å². The number of hydrogen-bond donors (Lipinski definition) is 1. The number of Topliss-reactive ketones (excluding diaryl/α,β-unsaturated/α-hetero) is 1. The lowest BCUT2D eigenvalue weighted by molar-refractivity contribution is -0.120. The highest BCUT2D eigenvalue weighted by molar-refractivity contribution is 6.11. The molecule has 1 aromatic heterocycles. The summed E-state index contributed by atoms with van der Waals surface area (Å²) in [6.45, 7) is 4.11. The van der Waals surface area contributed by atoms with Gasteiger partial charge in [0.05, 0.1) is 11.7 Å². The summed E-state index contributed by atoms with van der Waals surface area (Å²) in [6.07, 6.45) is 1.94. The number of nitrogens with zero attached hydrogens (tertiary/aromatic N) is 1. The highest BCUT2D eigenvalue weighted by Gasteiger charge is 2.23. The molecule has 0 fully saturated rings. The topological polar surface area (TPSA) is 62.6 Å². The van der Waals surface area contributed by atoms with Crippen molar-refractivity contribution >= 4 is 28.3 Å². The molecule has 0 aliphatic carbocycles. The summed E-state index contributed by atoms with van der Waals surface area (Å²) < 4.78 is 5.64. The predicted molar refractivity (Wildman–Crippen MR) is 112 cm³/mol. The zero-order valence-corrected chi connectivity index (χ0v) is 16.6. The maximum Gasteiger partial charge on any atom is 0.241 e. The molecule has 0 saturated heterocycles. The van der Waals surface area contributed by atoms with Gasteiger partial charge in [0, 0.05) is 12.3 Å². The van der Waals surface area contributed by atoms with Crippen molar-refractivity contribution in [3.8, 4) is 0 Å². The van der Waals surface area contributed by atoms with Crippen LogP contribution < -0.4 is 5.32 Å². The van der Waals surface area contributed by atoms with Gasteiger partial charge in [-0.1, -0.05) is 42.5 Å². The lowest BCUT2D eigenvalue weighted by Gasteiger charge is -2.23. The third-order valence-corrected chi connectivity index (χ3v) is 5.02. The second-order valence-electron chi connectivity index (χ2n) is 7.09. The van der Waals surface area contributed by atoms with Crippen LogP contribution >= 0.6 is 0 Å². The predicted octanol–water partition coefficient (Wildman–Crippen LogP) is 4.53. The van der Waals surface area contributed by atoms with Gasteiger partial charge in [0.1, 0.15) is 5.58 Å². The van der Waals surface area contributed by atoms with Gasteiger partial charge in [0.15, 0.2) is 11.5 Å². The minimum Gasteiger partial charge on any atom is -0.451 e. The van der Waals surface area contributed by atoms with Crippen LogP contribution in [0.2, 0.25) is 0 Å². The fraction of sp³-hybridized carbons (Fsp3) is 0.304. The van der Waals surface area contributed by atoms with Gasteiger partial charge >= 0.3 is 0 Å². The summed E-state index contributed by atoms with van der Waals surface area (Å²) in [6, 6.07) is 17.3. The first kappa shape index (κ1) is 19.8. The van der Waals surface area contributed by atoms with E-state index in [0.717, 1.165) is 24.8 Å². The van der Waals surface area contributed by atoms with Crippen LogP contribution in [0.15, 0.2) is 59.0 Å². The Morgan fingerprint density at radius 3 is 2.46 bits per heavy atom. The molecule has 1 atom stereocenters. The minimum atomic E-state index is -0.329. The second kappa shape index (κ2) is 8.85. The second-order valence-corrected chi connectivity index (χ2v) is 7.09. The number of furan rings is 1. The molecule has 0 radical (unpaired) electrons. The molecule has 0 aliphatic heterocycles. The van der Waals surface area contributed by atoms with E-state index in [9.17, 15) is 9.59 Å². The van der Waals surface area contributed by atoms with Crippen LogP contribution in [0.5, 0.6) is 0 Å². The molecule has 0 saturated carbocycles. The van der Waals surface area contributed by atoms with E-state index in [1.54, 1.807) is 6.07 Å². The first-order valence-electron chi connectivity index (χ1n) is 9.55. The van der Waals surface area contributed by atoms with E-state index in [1.807, 2.05) is 55.3 Å². The molecule has 0 aliphatic rings. The van der Waals surface area contributed by atoms with E-state index in [-0.39, 0.29) is 23.5 Å². The van der Waals surface area contributed by atoms with Crippen molar-refractivity contribution in [2.45, 2.75) is 32.7 Å². The summed E-state index contributed by atoms with van der Waals surface area (Å²) >= 11 is 0. The zero-order chi connectivity index (χ0) is 20.1. The lowest BCUT2D eigenvalue weighted by Crippen LogP contribution is -2.40. The minimum absolute atomic E-state index is 0.156. The number of aryl methyl sites for hydroxylation is 1. The van der Waals surface area contributed by atoms with Crippen LogP contribution in [0.3, 0.4) is 0 Å². The van der Waals surface area contributed by atoms with Crippen molar-refractivity contribution in [2.75, 3.05) is 18.9 Å². The van der Waals surface area contributed by atoms with Crippen LogP contribution in [-0.2, 0) is 11.2 Å². The lowest BCUT2D eigenvalue weighted by atomic mass is 10.1. The molecule has 146 valence electrons. The van der Waals surface area contributed by atoms with Crippen molar-refractivity contribution in [1.82, 2.24) is 4.90 Å². The van der Waals surface area contributed by atoms with Gasteiger partial charge in [-0.2, -0.15) is 0 Å². The molecule has 1 unspecified atom stereocenters. The van der Waals surface area contributed by atoms with Gasteiger partial charge in [-0.25, -0.2) is 0 Å². The van der Waals surface area contributed by atoms with Gasteiger partial charge in [0.2, 0.25) is 5.91 Å². The number of para-hydroxylation sites is 1. The van der Waals surface area contributed by atoms with E-state index < -0.39 is 0 Å². The van der Waals surface area contributed by atoms with E-state index in [0.29, 0.717) is 11.3 Å². The number of ketones is 1. The number of amides is 1. The number of benzene rings is 2. The SMILES string of the molecule is CC(=O)c1oc2ccccc2c1NC(=O)C(C)N(C)CCCc1ccccc1. The average molecular weight is 378 g/mol. The van der Waals surface area contributed by atoms with E-state index in [1.165, 1.54) is 12.5 Å². The number of carbonyl (C=O) groups excluding carboxylic acids is 2. The Labute approximate surface area is 165 Å². The average Bonchev–Trinajstić information content (AvgIpc) is 3.07. The smallest absolute Gasteiger partial charge is 0.241 e. The van der Waals surface area contributed by atoms with Gasteiger partial charge in [-0.05, 0) is 51.1 Å². The number of likely N-dealkylation sites (N-methyl/N-ethyl adjacent to an activating group) is 1. The quantitative estimate of drug-likeness (QED) is 0.585. The monoisotopic (exact) mass is 378 g/mol. The Hall–Kier alpha value is -2.92. The Morgan fingerprint density at radius 2 is 1.75 bits per heavy atom. The van der Waals surface area contributed by atoms with Gasteiger partial charge in [-0.15, -0.1) is 0 Å². The maximum atomic E-state index is 12.8. The van der Waals surface area contributed by atoms with Crippen LogP contribution in [-0.4, -0.2) is 36.2 Å². The summed E-state index contributed by atoms with van der Waals surface area (Å²) in [5.41, 5.74) is 2.34. The molecule has 2 aromatic carbocycles. The maximum absolute atomic E-state index is 12.8. The Bertz CT molecular complexity index is 962. The zero-order valence-electron chi connectivity index (χ0n) is 16.6. The standard InChI is InChI=1S/C23H26N2O3/c1-16(25(3)15-9-12-18-10-5-4-6-11-18)23(27)24-21-19-13-7-8-14-20(19)28-22(21)17(2)26/h4-8,10-11,13-14,16H,9,12,15H2,1-3H3,(H,24,27). The van der Waals surface area contributed by atoms with Crippen LogP contribution in [0.25, 0.3) is 11.0 Å². The molecule has 5 nitrogen and oxygen atoms in total. The molecule has 3 aromatic rings. The largest absolute Gasteiger partial charge is 0.451 e. The molecule has 3 rings (SSSR count). The summed E-state index contributed by atoms with van der Waals surface area (Å²) in [5.74, 6) is -0.180. The molecule has 5 heteroatoms. The third-order valence-electron chi connectivity index (χ3n) is 5.02. The van der Waals surface area contributed by atoms with E-state index >= 15 is 0 Å². The number of fused-ring (bicyclic) bond motifs is 1. The molecule has 28 heavy (non-hydrogen) atoms. The Balaban J connectivity index is 1.64. The summed E-state index contributed by atoms with van der Waals surface area (Å²) in [4.78, 5) is 26.8. The normalized spacial score (nSPS) is 12.3. The van der Waals surface area contributed by atoms with Crippen molar-refractivity contribution < 1.29 is 14.0 Å². The summed E-state index contributed by atoms with van der Waals surface area (Å²) in [5, 5.41) is 3.64. The number of carbonyl (C=O) groups is 2. The highest BCUT2D eigenvalue weighted by atomic mass is 16.3. The molecular weight excluding hydrogens is 352 g/mol. The molecule has 0 bridgehead atoms. The van der Waals surface area contributed by atoms with Gasteiger partial charge in [-0.3, -0.25) is 14.5 Å². The van der Waals surface area contributed by atoms with Gasteiger partial charge in [0.25, 0.3) is 0 Å². The summed E-state index contributed by atoms with van der Waals surface area (Å²) in [7, 11) is 1.94. The number of rotatable bonds is 8. The Morgan fingerprint density at radius 1 is 1.07 bits per heavy atom. The van der Waals surface area contributed by atoms with Crippen molar-refractivity contribution in [1.29, 1.82) is 0 Å².